The molecular weight excluding hydrogens is 348 g/mol. The average molecular weight is 366 g/mol. The highest BCUT2D eigenvalue weighted by atomic mass is 32.1. The number of carbonyl (C=O) groups is 1. The molecule has 0 bridgehead atoms. The van der Waals surface area contributed by atoms with Crippen LogP contribution in [0.25, 0.3) is 11.6 Å². The summed E-state index contributed by atoms with van der Waals surface area (Å²) >= 11 is 1.40. The molecule has 132 valence electrons. The van der Waals surface area contributed by atoms with Gasteiger partial charge in [0.15, 0.2) is 11.5 Å². The molecule has 0 aliphatic rings. The van der Waals surface area contributed by atoms with Crippen LogP contribution in [0.4, 0.5) is 0 Å². The number of para-hydroxylation sites is 2. The first-order valence-corrected chi connectivity index (χ1v) is 9.04. The number of ether oxygens (including phenoxy) is 2. The highest BCUT2D eigenvalue weighted by molar-refractivity contribution is 7.11. The number of carboxylic acids is 1. The number of carboxylic acid groups (broad SMARTS) is 1. The highest BCUT2D eigenvalue weighted by Crippen LogP contribution is 2.31. The second kappa shape index (κ2) is 8.36. The quantitative estimate of drug-likeness (QED) is 0.556. The Bertz CT molecular complexity index is 896. The summed E-state index contributed by atoms with van der Waals surface area (Å²) < 4.78 is 11.4. The number of aliphatic carboxylic acids is 1. The fourth-order valence-corrected chi connectivity index (χ4v) is 3.14. The zero-order valence-electron chi connectivity index (χ0n) is 14.2. The third-order valence-corrected chi connectivity index (χ3v) is 4.49. The third kappa shape index (κ3) is 4.32. The van der Waals surface area contributed by atoms with E-state index < -0.39 is 5.97 Å². The van der Waals surface area contributed by atoms with E-state index in [1.165, 1.54) is 11.3 Å². The van der Waals surface area contributed by atoms with Crippen LogP contribution in [0.2, 0.25) is 0 Å². The molecule has 0 saturated carbocycles. The maximum Gasteiger partial charge on any atom is 0.337 e. The number of rotatable bonds is 7. The van der Waals surface area contributed by atoms with Crippen molar-refractivity contribution >= 4 is 29.0 Å². The predicted octanol–water partition coefficient (Wildman–Crippen LogP) is 5.56. The van der Waals surface area contributed by atoms with Crippen molar-refractivity contribution in [3.63, 3.8) is 0 Å². The molecule has 4 nitrogen and oxygen atoms in total. The van der Waals surface area contributed by atoms with Crippen LogP contribution in [-0.2, 0) is 4.79 Å². The van der Waals surface area contributed by atoms with Gasteiger partial charge in [0.05, 0.1) is 12.2 Å². The van der Waals surface area contributed by atoms with Crippen molar-refractivity contribution in [1.29, 1.82) is 0 Å². The van der Waals surface area contributed by atoms with E-state index in [-0.39, 0.29) is 5.57 Å². The van der Waals surface area contributed by atoms with Crippen LogP contribution in [0.15, 0.2) is 66.0 Å². The zero-order chi connectivity index (χ0) is 18.4. The smallest absolute Gasteiger partial charge is 0.337 e. The predicted molar refractivity (Wildman–Crippen MR) is 104 cm³/mol. The summed E-state index contributed by atoms with van der Waals surface area (Å²) in [6.07, 6.45) is 1.66. The molecule has 1 heterocycles. The number of hydrogen-bond acceptors (Lipinski definition) is 4. The second-order valence-electron chi connectivity index (χ2n) is 5.39. The van der Waals surface area contributed by atoms with E-state index in [0.29, 0.717) is 23.9 Å². The Kier molecular flexibility index (Phi) is 5.71. The molecule has 1 N–H and O–H groups in total. The molecular formula is C21H18O4S. The Labute approximate surface area is 156 Å². The van der Waals surface area contributed by atoms with Crippen LogP contribution in [0.5, 0.6) is 17.2 Å². The molecule has 0 spiro atoms. The van der Waals surface area contributed by atoms with Crippen molar-refractivity contribution in [3.05, 3.63) is 76.5 Å². The van der Waals surface area contributed by atoms with E-state index in [4.69, 9.17) is 9.47 Å². The molecule has 0 aliphatic heterocycles. The molecule has 3 aromatic rings. The van der Waals surface area contributed by atoms with Crippen LogP contribution in [0.1, 0.15) is 17.4 Å². The molecule has 0 atom stereocenters. The van der Waals surface area contributed by atoms with Crippen molar-refractivity contribution in [2.24, 2.45) is 0 Å². The molecule has 3 rings (SSSR count). The van der Waals surface area contributed by atoms with E-state index in [1.807, 2.05) is 66.9 Å². The van der Waals surface area contributed by atoms with Gasteiger partial charge in [-0.1, -0.05) is 30.3 Å². The Hall–Kier alpha value is -3.05. The lowest BCUT2D eigenvalue weighted by Gasteiger charge is -2.11. The molecule has 2 aromatic carbocycles. The summed E-state index contributed by atoms with van der Waals surface area (Å²) in [5, 5.41) is 11.3. The number of thiophene rings is 1. The van der Waals surface area contributed by atoms with Gasteiger partial charge < -0.3 is 14.6 Å². The van der Waals surface area contributed by atoms with E-state index in [2.05, 4.69) is 0 Å². The zero-order valence-corrected chi connectivity index (χ0v) is 15.0. The average Bonchev–Trinajstić information content (AvgIpc) is 3.17. The van der Waals surface area contributed by atoms with Crippen molar-refractivity contribution in [2.45, 2.75) is 6.92 Å². The fourth-order valence-electron chi connectivity index (χ4n) is 2.41. The van der Waals surface area contributed by atoms with Crippen LogP contribution in [-0.4, -0.2) is 17.7 Å². The highest BCUT2D eigenvalue weighted by Gasteiger charge is 2.11. The van der Waals surface area contributed by atoms with Crippen LogP contribution >= 0.6 is 11.3 Å². The van der Waals surface area contributed by atoms with Gasteiger partial charge in [-0.15, -0.1) is 11.3 Å². The molecule has 26 heavy (non-hydrogen) atoms. The summed E-state index contributed by atoms with van der Waals surface area (Å²) in [5.74, 6) is 1.04. The Morgan fingerprint density at radius 2 is 1.77 bits per heavy atom. The Morgan fingerprint density at radius 3 is 2.38 bits per heavy atom. The minimum atomic E-state index is -0.946. The minimum Gasteiger partial charge on any atom is -0.490 e. The summed E-state index contributed by atoms with van der Waals surface area (Å²) in [7, 11) is 0. The van der Waals surface area contributed by atoms with Gasteiger partial charge >= 0.3 is 5.97 Å². The van der Waals surface area contributed by atoms with E-state index in [9.17, 15) is 9.90 Å². The van der Waals surface area contributed by atoms with Crippen molar-refractivity contribution < 1.29 is 19.4 Å². The molecule has 0 radical (unpaired) electrons. The van der Waals surface area contributed by atoms with Gasteiger partial charge in [0.2, 0.25) is 0 Å². The molecule has 0 fully saturated rings. The van der Waals surface area contributed by atoms with Gasteiger partial charge in [-0.05, 0) is 54.3 Å². The molecule has 0 amide bonds. The van der Waals surface area contributed by atoms with Crippen LogP contribution in [0, 0.1) is 0 Å². The maximum absolute atomic E-state index is 11.5. The molecule has 0 aliphatic carbocycles. The van der Waals surface area contributed by atoms with Crippen molar-refractivity contribution in [1.82, 2.24) is 0 Å². The van der Waals surface area contributed by atoms with Gasteiger partial charge in [0.25, 0.3) is 0 Å². The largest absolute Gasteiger partial charge is 0.490 e. The lowest BCUT2D eigenvalue weighted by Crippen LogP contribution is -1.97. The van der Waals surface area contributed by atoms with Gasteiger partial charge in [-0.3, -0.25) is 0 Å². The van der Waals surface area contributed by atoms with Crippen LogP contribution in [0.3, 0.4) is 0 Å². The van der Waals surface area contributed by atoms with Crippen molar-refractivity contribution in [3.8, 4) is 17.2 Å². The molecule has 5 heteroatoms. The molecule has 0 saturated heterocycles. The second-order valence-corrected chi connectivity index (χ2v) is 6.34. The third-order valence-electron chi connectivity index (χ3n) is 3.58. The summed E-state index contributed by atoms with van der Waals surface area (Å²) in [6, 6.07) is 18.4. The van der Waals surface area contributed by atoms with E-state index in [0.717, 1.165) is 10.4 Å². The first-order valence-electron chi connectivity index (χ1n) is 8.16. The lowest BCUT2D eigenvalue weighted by atomic mass is 10.1. The Morgan fingerprint density at radius 1 is 1.04 bits per heavy atom. The fraction of sp³-hybridized carbons (Fsp3) is 0.0952. The lowest BCUT2D eigenvalue weighted by molar-refractivity contribution is -0.130. The van der Waals surface area contributed by atoms with E-state index in [1.54, 1.807) is 12.1 Å². The number of hydrogen-bond donors (Lipinski definition) is 1. The summed E-state index contributed by atoms with van der Waals surface area (Å²) in [5.41, 5.74) is 1.07. The topological polar surface area (TPSA) is 55.8 Å². The first-order chi connectivity index (χ1) is 12.7. The van der Waals surface area contributed by atoms with Crippen LogP contribution < -0.4 is 9.47 Å². The Balaban J connectivity index is 1.81. The van der Waals surface area contributed by atoms with Gasteiger partial charge in [0, 0.05) is 4.88 Å². The first kappa shape index (κ1) is 17.8. The van der Waals surface area contributed by atoms with Gasteiger partial charge in [-0.25, -0.2) is 4.79 Å². The normalized spacial score (nSPS) is 11.2. The summed E-state index contributed by atoms with van der Waals surface area (Å²) in [6.45, 7) is 2.48. The monoisotopic (exact) mass is 366 g/mol. The molecule has 0 unspecified atom stereocenters. The SMILES string of the molecule is CCOc1ccccc1Oc1ccc(/C=C(\C(=O)O)c2cccs2)cc1. The molecule has 1 aromatic heterocycles. The van der Waals surface area contributed by atoms with Gasteiger partial charge in [0.1, 0.15) is 5.75 Å². The minimum absolute atomic E-state index is 0.273. The number of benzene rings is 2. The van der Waals surface area contributed by atoms with Gasteiger partial charge in [-0.2, -0.15) is 0 Å². The standard InChI is InChI=1S/C21H18O4S/c1-2-24-18-6-3-4-7-19(18)25-16-11-9-15(10-12-16)14-17(21(22)23)20-8-5-13-26-20/h3-14H,2H2,1H3,(H,22,23)/b17-14-. The van der Waals surface area contributed by atoms with E-state index >= 15 is 0 Å². The van der Waals surface area contributed by atoms with Crippen molar-refractivity contribution in [2.75, 3.05) is 6.61 Å². The summed E-state index contributed by atoms with van der Waals surface area (Å²) in [4.78, 5) is 12.2. The maximum atomic E-state index is 11.5.